The highest BCUT2D eigenvalue weighted by molar-refractivity contribution is 7.71. The van der Waals surface area contributed by atoms with E-state index in [1.807, 2.05) is 0 Å². The van der Waals surface area contributed by atoms with Crippen LogP contribution in [-0.2, 0) is 6.54 Å². The summed E-state index contributed by atoms with van der Waals surface area (Å²) in [5.74, 6) is -1.36. The number of hydrogen-bond acceptors (Lipinski definition) is 5. The Hall–Kier alpha value is -3.00. The van der Waals surface area contributed by atoms with Crippen LogP contribution in [-0.4, -0.2) is 31.9 Å². The first kappa shape index (κ1) is 16.4. The molecule has 1 heterocycles. The first-order valence-corrected chi connectivity index (χ1v) is 6.89. The molecule has 0 atom stereocenters. The molecule has 8 heteroatoms. The van der Waals surface area contributed by atoms with Gasteiger partial charge in [-0.15, -0.1) is 6.58 Å². The van der Waals surface area contributed by atoms with Crippen LogP contribution in [0.1, 0.15) is 15.9 Å². The van der Waals surface area contributed by atoms with Crippen LogP contribution < -0.4 is 5.56 Å². The van der Waals surface area contributed by atoms with E-state index >= 15 is 0 Å². The zero-order chi connectivity index (χ0) is 17.0. The maximum Gasteiger partial charge on any atom is 0.335 e. The highest BCUT2D eigenvalue weighted by Crippen LogP contribution is 2.15. The monoisotopic (exact) mass is 331 g/mol. The largest absolute Gasteiger partial charge is 0.494 e. The average Bonchev–Trinajstić information content (AvgIpc) is 2.51. The second kappa shape index (κ2) is 6.84. The molecule has 2 rings (SSSR count). The number of carbonyl (C=O) groups is 1. The van der Waals surface area contributed by atoms with Gasteiger partial charge in [-0.3, -0.25) is 19.3 Å². The molecule has 0 unspecified atom stereocenters. The molecule has 23 heavy (non-hydrogen) atoms. The number of carboxylic acids is 1. The van der Waals surface area contributed by atoms with Gasteiger partial charge in [-0.25, -0.2) is 4.79 Å². The number of benzene rings is 1. The van der Waals surface area contributed by atoms with Gasteiger partial charge in [-0.05, 0) is 36.5 Å². The van der Waals surface area contributed by atoms with Crippen LogP contribution in [0.3, 0.4) is 0 Å². The van der Waals surface area contributed by atoms with Gasteiger partial charge in [0.2, 0.25) is 5.88 Å². The van der Waals surface area contributed by atoms with Crippen molar-refractivity contribution in [3.63, 3.8) is 0 Å². The Bertz CT molecular complexity index is 894. The molecule has 118 valence electrons. The van der Waals surface area contributed by atoms with E-state index in [4.69, 9.17) is 17.3 Å². The molecule has 0 fully saturated rings. The van der Waals surface area contributed by atoms with E-state index in [1.165, 1.54) is 41.1 Å². The van der Waals surface area contributed by atoms with Crippen molar-refractivity contribution in [3.8, 4) is 5.88 Å². The van der Waals surface area contributed by atoms with Crippen LogP contribution in [0, 0.1) is 4.77 Å². The predicted molar refractivity (Wildman–Crippen MR) is 88.4 cm³/mol. The third-order valence-electron chi connectivity index (χ3n) is 2.98. The highest BCUT2D eigenvalue weighted by atomic mass is 32.1. The topological polar surface area (TPSA) is 108 Å². The molecule has 0 radical (unpaired) electrons. The zero-order valence-electron chi connectivity index (χ0n) is 11.9. The Morgan fingerprint density at radius 3 is 2.61 bits per heavy atom. The van der Waals surface area contributed by atoms with E-state index in [2.05, 4.69) is 16.6 Å². The van der Waals surface area contributed by atoms with Gasteiger partial charge in [0, 0.05) is 12.8 Å². The van der Waals surface area contributed by atoms with Crippen molar-refractivity contribution in [2.24, 2.45) is 4.99 Å². The number of aliphatic imine (C=N–C) groups is 1. The van der Waals surface area contributed by atoms with Gasteiger partial charge in [0.15, 0.2) is 4.77 Å². The molecular weight excluding hydrogens is 318 g/mol. The minimum atomic E-state index is -1.04. The summed E-state index contributed by atoms with van der Waals surface area (Å²) in [4.78, 5) is 29.2. The molecule has 0 spiro atoms. The lowest BCUT2D eigenvalue weighted by Gasteiger charge is -2.08. The van der Waals surface area contributed by atoms with Gasteiger partial charge in [0.1, 0.15) is 5.56 Å². The highest BCUT2D eigenvalue weighted by Gasteiger charge is 2.10. The Balaban J connectivity index is 2.41. The summed E-state index contributed by atoms with van der Waals surface area (Å²) in [6, 6.07) is 5.77. The normalized spacial score (nSPS) is 10.8. The number of aromatic hydroxyl groups is 1. The Labute approximate surface area is 135 Å². The third-order valence-corrected chi connectivity index (χ3v) is 3.30. The van der Waals surface area contributed by atoms with Gasteiger partial charge in [0.05, 0.1) is 11.3 Å². The van der Waals surface area contributed by atoms with Gasteiger partial charge < -0.3 is 10.2 Å². The standard InChI is InChI=1S/C15H13N3O4S/c1-2-7-18-13(20)11(12(19)17-15(18)23)8-16-10-5-3-9(4-6-10)14(21)22/h2-6,8,20H,1,7H2,(H,21,22)(H,17,19,23). The molecule has 1 aromatic carbocycles. The first-order valence-electron chi connectivity index (χ1n) is 6.48. The number of nitrogens with zero attached hydrogens (tertiary/aromatic N) is 2. The summed E-state index contributed by atoms with van der Waals surface area (Å²) < 4.78 is 1.38. The van der Waals surface area contributed by atoms with Crippen molar-refractivity contribution in [1.29, 1.82) is 0 Å². The molecule has 3 N–H and O–H groups in total. The van der Waals surface area contributed by atoms with Crippen molar-refractivity contribution in [2.75, 3.05) is 0 Å². The van der Waals surface area contributed by atoms with E-state index in [1.54, 1.807) is 0 Å². The Morgan fingerprint density at radius 2 is 2.04 bits per heavy atom. The fraction of sp³-hybridized carbons (Fsp3) is 0.0667. The Morgan fingerprint density at radius 1 is 1.39 bits per heavy atom. The number of nitrogens with one attached hydrogen (secondary N) is 1. The van der Waals surface area contributed by atoms with E-state index in [-0.39, 0.29) is 28.3 Å². The van der Waals surface area contributed by atoms with E-state index in [9.17, 15) is 14.7 Å². The molecule has 0 aliphatic rings. The number of carboxylic acid groups (broad SMARTS) is 1. The van der Waals surface area contributed by atoms with Crippen molar-refractivity contribution >= 4 is 30.1 Å². The summed E-state index contributed by atoms with van der Waals surface area (Å²) in [5.41, 5.74) is -0.0584. The summed E-state index contributed by atoms with van der Waals surface area (Å²) in [6.45, 7) is 3.79. The van der Waals surface area contributed by atoms with Crippen molar-refractivity contribution in [1.82, 2.24) is 9.55 Å². The van der Waals surface area contributed by atoms with Crippen LogP contribution in [0.15, 0.2) is 46.7 Å². The zero-order valence-corrected chi connectivity index (χ0v) is 12.7. The summed E-state index contributed by atoms with van der Waals surface area (Å²) in [5, 5.41) is 19.0. The number of allylic oxidation sites excluding steroid dienone is 1. The molecule has 0 bridgehead atoms. The molecule has 0 amide bonds. The summed E-state index contributed by atoms with van der Waals surface area (Å²) in [7, 11) is 0. The molecule has 0 aliphatic heterocycles. The molecule has 0 aliphatic carbocycles. The molecule has 1 aromatic heterocycles. The van der Waals surface area contributed by atoms with Gasteiger partial charge in [-0.1, -0.05) is 6.08 Å². The van der Waals surface area contributed by atoms with E-state index in [0.29, 0.717) is 5.69 Å². The quantitative estimate of drug-likeness (QED) is 0.442. The smallest absolute Gasteiger partial charge is 0.335 e. The second-order valence-electron chi connectivity index (χ2n) is 4.51. The predicted octanol–water partition coefficient (Wildman–Crippen LogP) is 2.25. The Kier molecular flexibility index (Phi) is 4.87. The van der Waals surface area contributed by atoms with Gasteiger partial charge in [-0.2, -0.15) is 0 Å². The average molecular weight is 331 g/mol. The number of aromatic amines is 1. The van der Waals surface area contributed by atoms with E-state index < -0.39 is 11.5 Å². The summed E-state index contributed by atoms with van der Waals surface area (Å²) >= 11 is 4.97. The lowest BCUT2D eigenvalue weighted by Crippen LogP contribution is -2.18. The number of hydrogen-bond donors (Lipinski definition) is 3. The molecule has 2 aromatic rings. The third kappa shape index (κ3) is 3.61. The minimum Gasteiger partial charge on any atom is -0.494 e. The van der Waals surface area contributed by atoms with Crippen LogP contribution in [0.25, 0.3) is 0 Å². The molecular formula is C15H13N3O4S. The van der Waals surface area contributed by atoms with Gasteiger partial charge >= 0.3 is 5.97 Å². The summed E-state index contributed by atoms with van der Waals surface area (Å²) in [6.07, 6.45) is 2.72. The first-order chi connectivity index (χ1) is 10.9. The van der Waals surface area contributed by atoms with Crippen LogP contribution >= 0.6 is 12.2 Å². The second-order valence-corrected chi connectivity index (χ2v) is 4.89. The van der Waals surface area contributed by atoms with Crippen molar-refractivity contribution in [3.05, 3.63) is 63.2 Å². The van der Waals surface area contributed by atoms with Crippen LogP contribution in [0.2, 0.25) is 0 Å². The number of aromatic nitrogens is 2. The molecule has 0 saturated heterocycles. The van der Waals surface area contributed by atoms with Crippen LogP contribution in [0.5, 0.6) is 5.88 Å². The number of aromatic carboxylic acids is 1. The van der Waals surface area contributed by atoms with Gasteiger partial charge in [0.25, 0.3) is 5.56 Å². The fourth-order valence-electron chi connectivity index (χ4n) is 1.82. The maximum atomic E-state index is 11.9. The minimum absolute atomic E-state index is 0.0530. The maximum absolute atomic E-state index is 11.9. The van der Waals surface area contributed by atoms with Crippen molar-refractivity contribution in [2.45, 2.75) is 6.54 Å². The van der Waals surface area contributed by atoms with Crippen LogP contribution in [0.4, 0.5) is 5.69 Å². The molecule has 0 saturated carbocycles. The lowest BCUT2D eigenvalue weighted by molar-refractivity contribution is 0.0697. The van der Waals surface area contributed by atoms with E-state index in [0.717, 1.165) is 0 Å². The van der Waals surface area contributed by atoms with Crippen molar-refractivity contribution < 1.29 is 15.0 Å². The fourth-order valence-corrected chi connectivity index (χ4v) is 2.07. The number of rotatable bonds is 5. The molecule has 7 nitrogen and oxygen atoms in total. The number of H-pyrrole nitrogens is 1. The SMILES string of the molecule is C=CCn1c(O)c(C=Nc2ccc(C(=O)O)cc2)c(=O)[nH]c1=S. The lowest BCUT2D eigenvalue weighted by atomic mass is 10.2.